The lowest BCUT2D eigenvalue weighted by Crippen LogP contribution is -2.04. The maximum absolute atomic E-state index is 12.0. The highest BCUT2D eigenvalue weighted by atomic mass is 16.5. The van der Waals surface area contributed by atoms with Crippen LogP contribution in [0.3, 0.4) is 0 Å². The van der Waals surface area contributed by atoms with Crippen LogP contribution in [0.15, 0.2) is 72.8 Å². The SMILES string of the molecule is COc1ccc2c(C(=O)O)c(Cc3ccc4ccccc4c3)ccc2c1. The summed E-state index contributed by atoms with van der Waals surface area (Å²) in [6.07, 6.45) is 0.578. The van der Waals surface area contributed by atoms with E-state index in [1.807, 2.05) is 36.4 Å². The highest BCUT2D eigenvalue weighted by molar-refractivity contribution is 6.05. The van der Waals surface area contributed by atoms with Crippen LogP contribution in [0.2, 0.25) is 0 Å². The van der Waals surface area contributed by atoms with Crippen LogP contribution in [-0.2, 0) is 6.42 Å². The van der Waals surface area contributed by atoms with Crippen molar-refractivity contribution in [2.24, 2.45) is 0 Å². The van der Waals surface area contributed by atoms with Crippen LogP contribution in [0.5, 0.6) is 5.75 Å². The lowest BCUT2D eigenvalue weighted by atomic mass is 9.93. The monoisotopic (exact) mass is 342 g/mol. The number of carbonyl (C=O) groups is 1. The minimum atomic E-state index is -0.906. The number of hydrogen-bond acceptors (Lipinski definition) is 2. The highest BCUT2D eigenvalue weighted by Crippen LogP contribution is 2.28. The van der Waals surface area contributed by atoms with Gasteiger partial charge in [0.05, 0.1) is 12.7 Å². The summed E-state index contributed by atoms with van der Waals surface area (Å²) in [5.41, 5.74) is 2.27. The lowest BCUT2D eigenvalue weighted by molar-refractivity contribution is 0.0698. The molecule has 4 aromatic carbocycles. The van der Waals surface area contributed by atoms with E-state index in [9.17, 15) is 9.90 Å². The second-order valence-corrected chi connectivity index (χ2v) is 6.35. The molecular formula is C23H18O3. The molecule has 0 amide bonds. The van der Waals surface area contributed by atoms with E-state index in [0.29, 0.717) is 12.0 Å². The quantitative estimate of drug-likeness (QED) is 0.548. The highest BCUT2D eigenvalue weighted by Gasteiger charge is 2.15. The molecule has 0 aliphatic rings. The van der Waals surface area contributed by atoms with Gasteiger partial charge in [-0.1, -0.05) is 54.6 Å². The molecule has 128 valence electrons. The van der Waals surface area contributed by atoms with Crippen molar-refractivity contribution in [3.63, 3.8) is 0 Å². The van der Waals surface area contributed by atoms with Gasteiger partial charge in [-0.3, -0.25) is 0 Å². The molecule has 0 aromatic heterocycles. The van der Waals surface area contributed by atoms with Crippen molar-refractivity contribution in [1.29, 1.82) is 0 Å². The standard InChI is InChI=1S/C23H18O3/c1-26-20-10-11-21-18(14-20)8-9-19(22(21)23(24)25)13-15-6-7-16-4-2-3-5-17(16)12-15/h2-12,14H,13H2,1H3,(H,24,25). The van der Waals surface area contributed by atoms with E-state index in [2.05, 4.69) is 30.3 Å². The first-order chi connectivity index (χ1) is 12.7. The molecule has 26 heavy (non-hydrogen) atoms. The third kappa shape index (κ3) is 2.88. The number of aromatic carboxylic acids is 1. The Hall–Kier alpha value is -3.33. The number of carboxylic acids is 1. The minimum Gasteiger partial charge on any atom is -0.497 e. The fourth-order valence-electron chi connectivity index (χ4n) is 3.45. The summed E-state index contributed by atoms with van der Waals surface area (Å²) >= 11 is 0. The number of carboxylic acid groups (broad SMARTS) is 1. The molecule has 0 bridgehead atoms. The number of hydrogen-bond donors (Lipinski definition) is 1. The molecule has 4 aromatic rings. The average Bonchev–Trinajstić information content (AvgIpc) is 2.67. The molecular weight excluding hydrogens is 324 g/mol. The van der Waals surface area contributed by atoms with Gasteiger partial charge in [0.1, 0.15) is 5.75 Å². The van der Waals surface area contributed by atoms with Crippen LogP contribution in [0.25, 0.3) is 21.5 Å². The smallest absolute Gasteiger partial charge is 0.336 e. The molecule has 0 spiro atoms. The fourth-order valence-corrected chi connectivity index (χ4v) is 3.45. The third-order valence-corrected chi connectivity index (χ3v) is 4.74. The first kappa shape index (κ1) is 16.2. The molecule has 0 saturated carbocycles. The topological polar surface area (TPSA) is 46.5 Å². The zero-order chi connectivity index (χ0) is 18.1. The molecule has 0 saturated heterocycles. The second-order valence-electron chi connectivity index (χ2n) is 6.35. The minimum absolute atomic E-state index is 0.360. The lowest BCUT2D eigenvalue weighted by Gasteiger charge is -2.12. The Morgan fingerprint density at radius 2 is 1.65 bits per heavy atom. The van der Waals surface area contributed by atoms with Crippen LogP contribution in [0.4, 0.5) is 0 Å². The van der Waals surface area contributed by atoms with E-state index in [4.69, 9.17) is 4.74 Å². The molecule has 0 radical (unpaired) electrons. The Morgan fingerprint density at radius 3 is 2.42 bits per heavy atom. The average molecular weight is 342 g/mol. The number of fused-ring (bicyclic) bond motifs is 2. The number of ether oxygens (including phenoxy) is 1. The summed E-state index contributed by atoms with van der Waals surface area (Å²) in [6.45, 7) is 0. The van der Waals surface area contributed by atoms with Crippen LogP contribution in [0, 0.1) is 0 Å². The molecule has 0 heterocycles. The number of benzene rings is 4. The molecule has 1 N–H and O–H groups in total. The van der Waals surface area contributed by atoms with Crippen molar-refractivity contribution >= 4 is 27.5 Å². The van der Waals surface area contributed by atoms with Crippen LogP contribution in [-0.4, -0.2) is 18.2 Å². The summed E-state index contributed by atoms with van der Waals surface area (Å²) in [7, 11) is 1.60. The van der Waals surface area contributed by atoms with Crippen LogP contribution < -0.4 is 4.74 Å². The normalized spacial score (nSPS) is 11.0. The van der Waals surface area contributed by atoms with Gasteiger partial charge in [0.2, 0.25) is 0 Å². The van der Waals surface area contributed by atoms with Gasteiger partial charge in [-0.05, 0) is 57.3 Å². The maximum atomic E-state index is 12.0. The fraction of sp³-hybridized carbons (Fsp3) is 0.0870. The molecule has 0 unspecified atom stereocenters. The van der Waals surface area contributed by atoms with Gasteiger partial charge in [-0.15, -0.1) is 0 Å². The van der Waals surface area contributed by atoms with Crippen molar-refractivity contribution in [3.8, 4) is 5.75 Å². The first-order valence-corrected chi connectivity index (χ1v) is 8.46. The van der Waals surface area contributed by atoms with Gasteiger partial charge in [0.15, 0.2) is 0 Å². The Bertz CT molecular complexity index is 1130. The molecule has 0 aliphatic heterocycles. The van der Waals surface area contributed by atoms with Crippen molar-refractivity contribution < 1.29 is 14.6 Å². The summed E-state index contributed by atoms with van der Waals surface area (Å²) < 4.78 is 5.24. The van der Waals surface area contributed by atoms with Gasteiger partial charge in [0, 0.05) is 0 Å². The van der Waals surface area contributed by atoms with Crippen molar-refractivity contribution in [2.75, 3.05) is 7.11 Å². The summed E-state index contributed by atoms with van der Waals surface area (Å²) in [4.78, 5) is 12.0. The zero-order valence-corrected chi connectivity index (χ0v) is 14.4. The van der Waals surface area contributed by atoms with Gasteiger partial charge < -0.3 is 9.84 Å². The van der Waals surface area contributed by atoms with Crippen LogP contribution in [0.1, 0.15) is 21.5 Å². The zero-order valence-electron chi connectivity index (χ0n) is 14.4. The van der Waals surface area contributed by atoms with E-state index >= 15 is 0 Å². The van der Waals surface area contributed by atoms with Crippen molar-refractivity contribution in [1.82, 2.24) is 0 Å². The molecule has 0 fully saturated rings. The first-order valence-electron chi connectivity index (χ1n) is 8.46. The molecule has 0 aliphatic carbocycles. The Labute approximate surface area is 151 Å². The van der Waals surface area contributed by atoms with Crippen molar-refractivity contribution in [2.45, 2.75) is 6.42 Å². The van der Waals surface area contributed by atoms with E-state index < -0.39 is 5.97 Å². The number of rotatable bonds is 4. The van der Waals surface area contributed by atoms with E-state index in [1.54, 1.807) is 13.2 Å². The second kappa shape index (κ2) is 6.52. The van der Waals surface area contributed by atoms with E-state index in [-0.39, 0.29) is 0 Å². The Kier molecular flexibility index (Phi) is 4.05. The van der Waals surface area contributed by atoms with Gasteiger partial charge in [-0.25, -0.2) is 4.79 Å². The molecule has 4 rings (SSSR count). The summed E-state index contributed by atoms with van der Waals surface area (Å²) in [6, 6.07) is 23.8. The predicted molar refractivity (Wildman–Crippen MR) is 104 cm³/mol. The Balaban J connectivity index is 1.81. The largest absolute Gasteiger partial charge is 0.497 e. The van der Waals surface area contributed by atoms with E-state index in [1.165, 1.54) is 5.39 Å². The van der Waals surface area contributed by atoms with Crippen LogP contribution >= 0.6 is 0 Å². The third-order valence-electron chi connectivity index (χ3n) is 4.74. The predicted octanol–water partition coefficient (Wildman–Crippen LogP) is 5.29. The molecule has 3 heteroatoms. The van der Waals surface area contributed by atoms with Gasteiger partial charge in [0.25, 0.3) is 0 Å². The molecule has 0 atom stereocenters. The summed E-state index contributed by atoms with van der Waals surface area (Å²) in [5.74, 6) is -0.187. The number of methoxy groups -OCH3 is 1. The van der Waals surface area contributed by atoms with Gasteiger partial charge >= 0.3 is 5.97 Å². The van der Waals surface area contributed by atoms with Gasteiger partial charge in [-0.2, -0.15) is 0 Å². The van der Waals surface area contributed by atoms with Crippen molar-refractivity contribution in [3.05, 3.63) is 89.5 Å². The Morgan fingerprint density at radius 1 is 0.885 bits per heavy atom. The maximum Gasteiger partial charge on any atom is 0.336 e. The summed E-state index contributed by atoms with van der Waals surface area (Å²) in [5, 5.41) is 13.7. The van der Waals surface area contributed by atoms with E-state index in [0.717, 1.165) is 33.0 Å². The molecule has 3 nitrogen and oxygen atoms in total.